The van der Waals surface area contributed by atoms with Gasteiger partial charge in [-0.15, -0.1) is 0 Å². The lowest BCUT2D eigenvalue weighted by atomic mass is 10.1. The number of alkyl halides is 3. The van der Waals surface area contributed by atoms with Crippen molar-refractivity contribution in [3.05, 3.63) is 23.5 Å². The second-order valence-corrected chi connectivity index (χ2v) is 3.36. The lowest BCUT2D eigenvalue weighted by Crippen LogP contribution is -2.12. The fraction of sp³-hybridized carbons (Fsp3) is 0.455. The highest BCUT2D eigenvalue weighted by atomic mass is 19.4. The number of carbonyl (C=O) groups excluding carboxylic acids is 1. The first-order valence-corrected chi connectivity index (χ1v) is 5.14. The molecule has 0 aliphatic carbocycles. The van der Waals surface area contributed by atoms with Gasteiger partial charge in [-0.2, -0.15) is 13.2 Å². The van der Waals surface area contributed by atoms with Crippen LogP contribution in [0.25, 0.3) is 0 Å². The standard InChI is InChI=1S/C11H12F3NO3/c1-3-18-10(16)5-7-4-8(11(12,13)14)9(17-2)6-15-7/h4,6H,3,5H2,1-2H3. The van der Waals surface area contributed by atoms with Gasteiger partial charge in [0.15, 0.2) is 0 Å². The summed E-state index contributed by atoms with van der Waals surface area (Å²) in [6.07, 6.45) is -3.92. The highest BCUT2D eigenvalue weighted by Gasteiger charge is 2.35. The summed E-state index contributed by atoms with van der Waals surface area (Å²) in [6.45, 7) is 1.78. The topological polar surface area (TPSA) is 48.4 Å². The second kappa shape index (κ2) is 5.70. The molecule has 4 nitrogen and oxygen atoms in total. The van der Waals surface area contributed by atoms with Gasteiger partial charge in [-0.3, -0.25) is 9.78 Å². The van der Waals surface area contributed by atoms with Crippen LogP contribution in [0.15, 0.2) is 12.3 Å². The molecular formula is C11H12F3NO3. The van der Waals surface area contributed by atoms with Gasteiger partial charge in [0.05, 0.1) is 32.0 Å². The number of pyridine rings is 1. The monoisotopic (exact) mass is 263 g/mol. The lowest BCUT2D eigenvalue weighted by molar-refractivity contribution is -0.143. The number of carbonyl (C=O) groups is 1. The van der Waals surface area contributed by atoms with Crippen molar-refractivity contribution in [2.24, 2.45) is 0 Å². The molecule has 0 N–H and O–H groups in total. The maximum atomic E-state index is 12.7. The van der Waals surface area contributed by atoms with Crippen molar-refractivity contribution in [3.8, 4) is 5.75 Å². The third kappa shape index (κ3) is 3.61. The van der Waals surface area contributed by atoms with Crippen molar-refractivity contribution in [2.45, 2.75) is 19.5 Å². The Balaban J connectivity index is 3.00. The van der Waals surface area contributed by atoms with Crippen LogP contribution in [-0.4, -0.2) is 24.7 Å². The van der Waals surface area contributed by atoms with Gasteiger partial charge in [0, 0.05) is 0 Å². The zero-order valence-corrected chi connectivity index (χ0v) is 9.87. The van der Waals surface area contributed by atoms with E-state index in [1.807, 2.05) is 0 Å². The summed E-state index contributed by atoms with van der Waals surface area (Å²) in [5, 5.41) is 0. The average molecular weight is 263 g/mol. The average Bonchev–Trinajstić information content (AvgIpc) is 2.28. The maximum Gasteiger partial charge on any atom is 0.420 e. The first kappa shape index (κ1) is 14.3. The van der Waals surface area contributed by atoms with Crippen molar-refractivity contribution < 1.29 is 27.4 Å². The van der Waals surface area contributed by atoms with Gasteiger partial charge in [0.1, 0.15) is 11.3 Å². The first-order chi connectivity index (χ1) is 8.38. The molecule has 0 fully saturated rings. The van der Waals surface area contributed by atoms with E-state index < -0.39 is 17.7 Å². The largest absolute Gasteiger partial charge is 0.495 e. The number of esters is 1. The minimum atomic E-state index is -4.56. The molecule has 0 unspecified atom stereocenters. The lowest BCUT2D eigenvalue weighted by Gasteiger charge is -2.12. The molecule has 18 heavy (non-hydrogen) atoms. The van der Waals surface area contributed by atoms with Crippen LogP contribution in [0.2, 0.25) is 0 Å². The van der Waals surface area contributed by atoms with E-state index in [-0.39, 0.29) is 24.5 Å². The Morgan fingerprint density at radius 3 is 2.61 bits per heavy atom. The molecule has 0 saturated carbocycles. The molecule has 0 amide bonds. The molecule has 0 bridgehead atoms. The molecule has 7 heteroatoms. The van der Waals surface area contributed by atoms with Gasteiger partial charge in [-0.25, -0.2) is 0 Å². The van der Waals surface area contributed by atoms with Crippen LogP contribution in [0.5, 0.6) is 5.75 Å². The molecule has 1 aromatic heterocycles. The van der Waals surface area contributed by atoms with Crippen molar-refractivity contribution in [2.75, 3.05) is 13.7 Å². The van der Waals surface area contributed by atoms with Crippen molar-refractivity contribution in [1.82, 2.24) is 4.98 Å². The smallest absolute Gasteiger partial charge is 0.420 e. The van der Waals surface area contributed by atoms with Gasteiger partial charge in [-0.05, 0) is 13.0 Å². The number of hydrogen-bond donors (Lipinski definition) is 0. The van der Waals surface area contributed by atoms with Gasteiger partial charge in [-0.1, -0.05) is 0 Å². The predicted octanol–water partition coefficient (Wildman–Crippen LogP) is 2.21. The molecule has 0 aliphatic rings. The molecule has 0 spiro atoms. The summed E-state index contributed by atoms with van der Waals surface area (Å²) in [6, 6.07) is 0.787. The zero-order chi connectivity index (χ0) is 13.8. The van der Waals surface area contributed by atoms with Crippen molar-refractivity contribution in [3.63, 3.8) is 0 Å². The Labute approximate surface area is 102 Å². The Morgan fingerprint density at radius 1 is 1.44 bits per heavy atom. The van der Waals surface area contributed by atoms with Crippen molar-refractivity contribution in [1.29, 1.82) is 0 Å². The van der Waals surface area contributed by atoms with E-state index in [4.69, 9.17) is 0 Å². The van der Waals surface area contributed by atoms with E-state index in [2.05, 4.69) is 14.5 Å². The number of methoxy groups -OCH3 is 1. The Kier molecular flexibility index (Phi) is 4.52. The minimum Gasteiger partial charge on any atom is -0.495 e. The van der Waals surface area contributed by atoms with Crippen LogP contribution in [-0.2, 0) is 22.1 Å². The van der Waals surface area contributed by atoms with Crippen LogP contribution >= 0.6 is 0 Å². The Hall–Kier alpha value is -1.79. The van der Waals surface area contributed by atoms with E-state index in [9.17, 15) is 18.0 Å². The molecule has 1 rings (SSSR count). The Bertz CT molecular complexity index is 432. The van der Waals surface area contributed by atoms with Gasteiger partial charge < -0.3 is 9.47 Å². The number of halogens is 3. The number of ether oxygens (including phenoxy) is 2. The third-order valence-corrected chi connectivity index (χ3v) is 2.08. The van der Waals surface area contributed by atoms with Crippen molar-refractivity contribution >= 4 is 5.97 Å². The highest BCUT2D eigenvalue weighted by Crippen LogP contribution is 2.35. The van der Waals surface area contributed by atoms with E-state index >= 15 is 0 Å². The molecule has 0 atom stereocenters. The summed E-state index contributed by atoms with van der Waals surface area (Å²) in [4.78, 5) is 14.9. The van der Waals surface area contributed by atoms with E-state index in [0.29, 0.717) is 0 Å². The summed E-state index contributed by atoms with van der Waals surface area (Å²) in [5.74, 6) is -1.00. The van der Waals surface area contributed by atoms with Gasteiger partial charge >= 0.3 is 12.1 Å². The quantitative estimate of drug-likeness (QED) is 0.781. The number of nitrogens with zero attached hydrogens (tertiary/aromatic N) is 1. The highest BCUT2D eigenvalue weighted by molar-refractivity contribution is 5.72. The van der Waals surface area contributed by atoms with Crippen LogP contribution < -0.4 is 4.74 Å². The zero-order valence-electron chi connectivity index (χ0n) is 9.87. The first-order valence-electron chi connectivity index (χ1n) is 5.14. The predicted molar refractivity (Wildman–Crippen MR) is 56.1 cm³/mol. The molecule has 0 radical (unpaired) electrons. The summed E-state index contributed by atoms with van der Waals surface area (Å²) in [7, 11) is 1.12. The van der Waals surface area contributed by atoms with E-state index in [0.717, 1.165) is 19.4 Å². The Morgan fingerprint density at radius 2 is 2.11 bits per heavy atom. The third-order valence-electron chi connectivity index (χ3n) is 2.08. The van der Waals surface area contributed by atoms with Crippen LogP contribution in [0.3, 0.4) is 0 Å². The minimum absolute atomic E-state index is 0.0124. The molecule has 1 heterocycles. The second-order valence-electron chi connectivity index (χ2n) is 3.36. The van der Waals surface area contributed by atoms with E-state index in [1.165, 1.54) is 0 Å². The summed E-state index contributed by atoms with van der Waals surface area (Å²) >= 11 is 0. The van der Waals surface area contributed by atoms with E-state index in [1.54, 1.807) is 6.92 Å². The number of aromatic nitrogens is 1. The fourth-order valence-electron chi connectivity index (χ4n) is 1.33. The summed E-state index contributed by atoms with van der Waals surface area (Å²) < 4.78 is 47.2. The molecule has 0 saturated heterocycles. The number of hydrogen-bond acceptors (Lipinski definition) is 4. The molecular weight excluding hydrogens is 251 g/mol. The number of rotatable bonds is 4. The van der Waals surface area contributed by atoms with Gasteiger partial charge in [0.25, 0.3) is 0 Å². The van der Waals surface area contributed by atoms with Crippen LogP contribution in [0.1, 0.15) is 18.2 Å². The fourth-order valence-corrected chi connectivity index (χ4v) is 1.33. The van der Waals surface area contributed by atoms with Gasteiger partial charge in [0.2, 0.25) is 0 Å². The maximum absolute atomic E-state index is 12.7. The molecule has 0 aliphatic heterocycles. The van der Waals surface area contributed by atoms with Crippen LogP contribution in [0, 0.1) is 0 Å². The summed E-state index contributed by atoms with van der Waals surface area (Å²) in [5.41, 5.74) is -0.971. The normalized spacial score (nSPS) is 11.2. The molecule has 100 valence electrons. The SMILES string of the molecule is CCOC(=O)Cc1cc(C(F)(F)F)c(OC)cn1. The van der Waals surface area contributed by atoms with Crippen LogP contribution in [0.4, 0.5) is 13.2 Å². The molecule has 1 aromatic rings. The molecule has 0 aromatic carbocycles.